The molecule has 1 aliphatic rings. The van der Waals surface area contributed by atoms with E-state index >= 15 is 0 Å². The van der Waals surface area contributed by atoms with E-state index in [9.17, 15) is 14.7 Å². The Morgan fingerprint density at radius 2 is 2.20 bits per heavy atom. The Morgan fingerprint density at radius 1 is 1.50 bits per heavy atom. The summed E-state index contributed by atoms with van der Waals surface area (Å²) in [7, 11) is 1.77. The lowest BCUT2D eigenvalue weighted by Crippen LogP contribution is -2.59. The van der Waals surface area contributed by atoms with Gasteiger partial charge < -0.3 is 20.5 Å². The van der Waals surface area contributed by atoms with Crippen LogP contribution in [0.3, 0.4) is 0 Å². The Kier molecular flexibility index (Phi) is 4.23. The van der Waals surface area contributed by atoms with Crippen LogP contribution >= 0.6 is 0 Å². The predicted octanol–water partition coefficient (Wildman–Crippen LogP) is -0.147. The smallest absolute Gasteiger partial charge is 0.329 e. The van der Waals surface area contributed by atoms with Crippen molar-refractivity contribution in [2.24, 2.45) is 7.05 Å². The van der Waals surface area contributed by atoms with Crippen LogP contribution in [0, 0.1) is 0 Å². The van der Waals surface area contributed by atoms with Gasteiger partial charge >= 0.3 is 12.0 Å². The molecule has 0 saturated carbocycles. The zero-order valence-corrected chi connectivity index (χ0v) is 11.3. The number of carbonyl (C=O) groups is 2. The number of amides is 2. The maximum Gasteiger partial charge on any atom is 0.329 e. The highest BCUT2D eigenvalue weighted by Crippen LogP contribution is 2.20. The topological polar surface area (TPSA) is 105 Å². The average Bonchev–Trinajstić information content (AvgIpc) is 2.83. The van der Waals surface area contributed by atoms with E-state index in [-0.39, 0.29) is 19.4 Å². The van der Waals surface area contributed by atoms with Crippen LogP contribution < -0.4 is 10.6 Å². The molecule has 0 atom stereocenters. The van der Waals surface area contributed by atoms with E-state index in [1.165, 1.54) is 0 Å². The Bertz CT molecular complexity index is 493. The summed E-state index contributed by atoms with van der Waals surface area (Å²) >= 11 is 0. The van der Waals surface area contributed by atoms with Gasteiger partial charge in [-0.25, -0.2) is 9.59 Å². The zero-order chi connectivity index (χ0) is 14.6. The third-order valence-corrected chi connectivity index (χ3v) is 3.46. The summed E-state index contributed by atoms with van der Waals surface area (Å²) in [5.41, 5.74) is -0.411. The standard InChI is InChI=1S/C12H18N4O4/c1-16-9(2-5-14-16)8-13-11(19)15-12(10(17)18)3-6-20-7-4-12/h2,5H,3-4,6-8H2,1H3,(H,17,18)(H2,13,15,19). The maximum absolute atomic E-state index is 11.9. The molecule has 1 aliphatic heterocycles. The molecule has 0 unspecified atom stereocenters. The molecule has 2 heterocycles. The van der Waals surface area contributed by atoms with Crippen LogP contribution in [0.15, 0.2) is 12.3 Å². The minimum absolute atomic E-state index is 0.265. The second-order valence-corrected chi connectivity index (χ2v) is 4.75. The van der Waals surface area contributed by atoms with Gasteiger partial charge in [-0.15, -0.1) is 0 Å². The first kappa shape index (κ1) is 14.3. The fourth-order valence-electron chi connectivity index (χ4n) is 2.12. The van der Waals surface area contributed by atoms with Crippen LogP contribution in [-0.2, 0) is 23.1 Å². The summed E-state index contributed by atoms with van der Waals surface area (Å²) in [6.07, 6.45) is 2.16. The van der Waals surface area contributed by atoms with Gasteiger partial charge in [0.1, 0.15) is 5.54 Å². The van der Waals surface area contributed by atoms with Crippen molar-refractivity contribution in [1.29, 1.82) is 0 Å². The van der Waals surface area contributed by atoms with Crippen LogP contribution in [0.5, 0.6) is 0 Å². The number of urea groups is 1. The van der Waals surface area contributed by atoms with E-state index in [1.807, 2.05) is 0 Å². The van der Waals surface area contributed by atoms with E-state index in [4.69, 9.17) is 4.74 Å². The Morgan fingerprint density at radius 3 is 2.75 bits per heavy atom. The van der Waals surface area contributed by atoms with Crippen molar-refractivity contribution in [3.8, 4) is 0 Å². The first-order chi connectivity index (χ1) is 9.53. The minimum Gasteiger partial charge on any atom is -0.480 e. The molecular formula is C12H18N4O4. The van der Waals surface area contributed by atoms with Crippen LogP contribution in [0.4, 0.5) is 4.79 Å². The summed E-state index contributed by atoms with van der Waals surface area (Å²) in [5.74, 6) is -1.03. The van der Waals surface area contributed by atoms with Crippen LogP contribution in [-0.4, -0.2) is 45.6 Å². The Balaban J connectivity index is 1.92. The number of aryl methyl sites for hydroxylation is 1. The third-order valence-electron chi connectivity index (χ3n) is 3.46. The van der Waals surface area contributed by atoms with Crippen molar-refractivity contribution in [2.45, 2.75) is 24.9 Å². The zero-order valence-electron chi connectivity index (χ0n) is 11.3. The number of nitrogens with one attached hydrogen (secondary N) is 2. The van der Waals surface area contributed by atoms with Crippen molar-refractivity contribution < 1.29 is 19.4 Å². The SMILES string of the molecule is Cn1nccc1CNC(=O)NC1(C(=O)O)CCOCC1. The first-order valence-electron chi connectivity index (χ1n) is 6.37. The molecule has 20 heavy (non-hydrogen) atoms. The molecule has 110 valence electrons. The fourth-order valence-corrected chi connectivity index (χ4v) is 2.12. The highest BCUT2D eigenvalue weighted by Gasteiger charge is 2.41. The van der Waals surface area contributed by atoms with Crippen molar-refractivity contribution in [1.82, 2.24) is 20.4 Å². The van der Waals surface area contributed by atoms with Gasteiger partial charge in [0.25, 0.3) is 0 Å². The minimum atomic E-state index is -1.24. The molecule has 3 N–H and O–H groups in total. The van der Waals surface area contributed by atoms with Gasteiger partial charge in [-0.2, -0.15) is 5.10 Å². The summed E-state index contributed by atoms with van der Waals surface area (Å²) in [6, 6.07) is 1.28. The van der Waals surface area contributed by atoms with Crippen LogP contribution in [0.2, 0.25) is 0 Å². The van der Waals surface area contributed by atoms with E-state index < -0.39 is 17.5 Å². The van der Waals surface area contributed by atoms with Crippen LogP contribution in [0.25, 0.3) is 0 Å². The Hall–Kier alpha value is -2.09. The van der Waals surface area contributed by atoms with E-state index in [1.54, 1.807) is 24.0 Å². The maximum atomic E-state index is 11.9. The number of nitrogens with zero attached hydrogens (tertiary/aromatic N) is 2. The van der Waals surface area contributed by atoms with Crippen molar-refractivity contribution >= 4 is 12.0 Å². The summed E-state index contributed by atoms with van der Waals surface area (Å²) in [5, 5.41) is 18.5. The summed E-state index contributed by atoms with van der Waals surface area (Å²) in [6.45, 7) is 0.942. The molecule has 8 heteroatoms. The highest BCUT2D eigenvalue weighted by atomic mass is 16.5. The van der Waals surface area contributed by atoms with Gasteiger partial charge in [0.15, 0.2) is 0 Å². The molecule has 0 radical (unpaired) electrons. The van der Waals surface area contributed by atoms with Gasteiger partial charge in [0.2, 0.25) is 0 Å². The molecule has 2 rings (SSSR count). The van der Waals surface area contributed by atoms with Crippen molar-refractivity contribution in [3.05, 3.63) is 18.0 Å². The van der Waals surface area contributed by atoms with E-state index in [0.29, 0.717) is 13.2 Å². The molecular weight excluding hydrogens is 264 g/mol. The molecule has 1 saturated heterocycles. The second kappa shape index (κ2) is 5.91. The van der Waals surface area contributed by atoms with Crippen LogP contribution in [0.1, 0.15) is 18.5 Å². The summed E-state index contributed by atoms with van der Waals surface area (Å²) < 4.78 is 6.79. The number of carbonyl (C=O) groups excluding carboxylic acids is 1. The molecule has 1 aromatic rings. The Labute approximate surface area is 116 Å². The number of hydrogen-bond acceptors (Lipinski definition) is 4. The molecule has 0 spiro atoms. The molecule has 1 fully saturated rings. The first-order valence-corrected chi connectivity index (χ1v) is 6.37. The predicted molar refractivity (Wildman–Crippen MR) is 69.0 cm³/mol. The lowest BCUT2D eigenvalue weighted by molar-refractivity contribution is -0.148. The molecule has 0 bridgehead atoms. The van der Waals surface area contributed by atoms with Gasteiger partial charge in [-0.05, 0) is 6.07 Å². The number of aliphatic carboxylic acids is 1. The van der Waals surface area contributed by atoms with Gasteiger partial charge in [0.05, 0.1) is 12.2 Å². The highest BCUT2D eigenvalue weighted by molar-refractivity contribution is 5.86. The average molecular weight is 282 g/mol. The van der Waals surface area contributed by atoms with Crippen molar-refractivity contribution in [3.63, 3.8) is 0 Å². The third kappa shape index (κ3) is 3.08. The van der Waals surface area contributed by atoms with Gasteiger partial charge in [-0.3, -0.25) is 4.68 Å². The molecule has 8 nitrogen and oxygen atoms in total. The van der Waals surface area contributed by atoms with Gasteiger partial charge in [0, 0.05) is 39.3 Å². The largest absolute Gasteiger partial charge is 0.480 e. The number of carboxylic acid groups (broad SMARTS) is 1. The van der Waals surface area contributed by atoms with Gasteiger partial charge in [-0.1, -0.05) is 0 Å². The quantitative estimate of drug-likeness (QED) is 0.712. The number of hydrogen-bond donors (Lipinski definition) is 3. The monoisotopic (exact) mass is 282 g/mol. The molecule has 0 aliphatic carbocycles. The summed E-state index contributed by atoms with van der Waals surface area (Å²) in [4.78, 5) is 23.3. The lowest BCUT2D eigenvalue weighted by Gasteiger charge is -2.33. The second-order valence-electron chi connectivity index (χ2n) is 4.75. The lowest BCUT2D eigenvalue weighted by atomic mass is 9.90. The van der Waals surface area contributed by atoms with Crippen molar-refractivity contribution in [2.75, 3.05) is 13.2 Å². The number of rotatable bonds is 4. The fraction of sp³-hybridized carbons (Fsp3) is 0.583. The number of carboxylic acids is 1. The molecule has 1 aromatic heterocycles. The van der Waals surface area contributed by atoms with E-state index in [2.05, 4.69) is 15.7 Å². The molecule has 2 amide bonds. The number of ether oxygens (including phenoxy) is 1. The normalized spacial score (nSPS) is 17.4. The molecule has 0 aromatic carbocycles. The number of aromatic nitrogens is 2. The van der Waals surface area contributed by atoms with E-state index in [0.717, 1.165) is 5.69 Å².